The van der Waals surface area contributed by atoms with Gasteiger partial charge in [-0.05, 0) is 19.3 Å². The van der Waals surface area contributed by atoms with Gasteiger partial charge >= 0.3 is 12.0 Å². The van der Waals surface area contributed by atoms with Crippen molar-refractivity contribution < 1.29 is 14.7 Å². The summed E-state index contributed by atoms with van der Waals surface area (Å²) in [4.78, 5) is 28.9. The molecular weight excluding hydrogens is 272 g/mol. The average Bonchev–Trinajstić information content (AvgIpc) is 2.84. The van der Waals surface area contributed by atoms with E-state index in [0.29, 0.717) is 19.5 Å². The summed E-state index contributed by atoms with van der Waals surface area (Å²) in [5.41, 5.74) is 0. The molecule has 116 valence electrons. The van der Waals surface area contributed by atoms with Gasteiger partial charge < -0.3 is 19.9 Å². The number of carbonyl (C=O) groups excluding carboxylic acids is 1. The lowest BCUT2D eigenvalue weighted by Crippen LogP contribution is -2.49. The quantitative estimate of drug-likeness (QED) is 0.802. The van der Waals surface area contributed by atoms with Crippen molar-refractivity contribution in [1.82, 2.24) is 19.8 Å². The van der Waals surface area contributed by atoms with E-state index in [4.69, 9.17) is 0 Å². The Morgan fingerprint density at radius 3 is 2.90 bits per heavy atom. The number of likely N-dealkylation sites (tertiary alicyclic amines) is 1. The number of imidazole rings is 1. The minimum atomic E-state index is -0.912. The monoisotopic (exact) mass is 294 g/mol. The Morgan fingerprint density at radius 2 is 2.19 bits per heavy atom. The highest BCUT2D eigenvalue weighted by atomic mass is 16.4. The highest BCUT2D eigenvalue weighted by Gasteiger charge is 2.30. The largest absolute Gasteiger partial charge is 0.480 e. The van der Waals surface area contributed by atoms with Gasteiger partial charge in [-0.2, -0.15) is 0 Å². The molecule has 1 aromatic heterocycles. The smallest absolute Gasteiger partial charge is 0.326 e. The lowest BCUT2D eigenvalue weighted by atomic mass is 10.1. The number of aliphatic carboxylic acids is 1. The molecular formula is C14H22N4O3. The Kier molecular flexibility index (Phi) is 5.59. The Balaban J connectivity index is 1.78. The van der Waals surface area contributed by atoms with Crippen LogP contribution in [0.3, 0.4) is 0 Å². The van der Waals surface area contributed by atoms with Gasteiger partial charge in [0.1, 0.15) is 6.04 Å². The average molecular weight is 294 g/mol. The number of carbonyl (C=O) groups is 2. The number of aryl methyl sites for hydroxylation is 1. The fraction of sp³-hybridized carbons (Fsp3) is 0.643. The molecule has 7 heteroatoms. The summed E-state index contributed by atoms with van der Waals surface area (Å²) in [5, 5.41) is 12.1. The van der Waals surface area contributed by atoms with Crippen molar-refractivity contribution in [3.05, 3.63) is 18.7 Å². The molecule has 0 aliphatic carbocycles. The van der Waals surface area contributed by atoms with E-state index in [2.05, 4.69) is 10.3 Å². The summed E-state index contributed by atoms with van der Waals surface area (Å²) >= 11 is 0. The van der Waals surface area contributed by atoms with Gasteiger partial charge in [0.15, 0.2) is 0 Å². The Bertz CT molecular complexity index is 461. The van der Waals surface area contributed by atoms with E-state index in [9.17, 15) is 14.7 Å². The zero-order valence-electron chi connectivity index (χ0n) is 12.1. The van der Waals surface area contributed by atoms with E-state index in [1.165, 1.54) is 4.90 Å². The lowest BCUT2D eigenvalue weighted by molar-refractivity contribution is -0.142. The van der Waals surface area contributed by atoms with Crippen LogP contribution >= 0.6 is 0 Å². The van der Waals surface area contributed by atoms with Gasteiger partial charge in [0.05, 0.1) is 6.33 Å². The summed E-state index contributed by atoms with van der Waals surface area (Å²) < 4.78 is 1.94. The van der Waals surface area contributed by atoms with E-state index in [0.717, 1.165) is 32.2 Å². The van der Waals surface area contributed by atoms with Crippen molar-refractivity contribution in [2.75, 3.05) is 13.1 Å². The van der Waals surface area contributed by atoms with Crippen LogP contribution in [0.15, 0.2) is 18.7 Å². The van der Waals surface area contributed by atoms with Crippen LogP contribution < -0.4 is 5.32 Å². The van der Waals surface area contributed by atoms with Crippen LogP contribution in [0, 0.1) is 0 Å². The number of rotatable bonds is 5. The third kappa shape index (κ3) is 4.47. The number of hydrogen-bond donors (Lipinski definition) is 2. The van der Waals surface area contributed by atoms with Crippen LogP contribution in [0.5, 0.6) is 0 Å². The van der Waals surface area contributed by atoms with Crippen molar-refractivity contribution in [3.8, 4) is 0 Å². The van der Waals surface area contributed by atoms with Gasteiger partial charge in [0.2, 0.25) is 0 Å². The molecule has 1 aliphatic heterocycles. The Morgan fingerprint density at radius 1 is 1.33 bits per heavy atom. The first-order valence-corrected chi connectivity index (χ1v) is 7.41. The number of carboxylic acids is 1. The molecule has 2 N–H and O–H groups in total. The van der Waals surface area contributed by atoms with Gasteiger partial charge in [0, 0.05) is 32.0 Å². The van der Waals surface area contributed by atoms with Gasteiger partial charge in [0.25, 0.3) is 0 Å². The standard InChI is InChI=1S/C14H22N4O3/c19-13(20)12-5-2-1-3-9-18(12)14(21)16-6-4-8-17-10-7-15-11-17/h7,10-12H,1-6,8-9H2,(H,16,21)(H,19,20). The summed E-state index contributed by atoms with van der Waals surface area (Å²) in [6.45, 7) is 1.83. The summed E-state index contributed by atoms with van der Waals surface area (Å²) in [7, 11) is 0. The third-order valence-corrected chi connectivity index (χ3v) is 3.73. The molecule has 0 saturated carbocycles. The number of carboxylic acid groups (broad SMARTS) is 1. The van der Waals surface area contributed by atoms with Crippen LogP contribution in [0.4, 0.5) is 4.79 Å². The van der Waals surface area contributed by atoms with Crippen molar-refractivity contribution in [3.63, 3.8) is 0 Å². The second kappa shape index (κ2) is 7.66. The molecule has 7 nitrogen and oxygen atoms in total. The van der Waals surface area contributed by atoms with Gasteiger partial charge in [-0.1, -0.05) is 12.8 Å². The number of aromatic nitrogens is 2. The third-order valence-electron chi connectivity index (χ3n) is 3.73. The Hall–Kier alpha value is -2.05. The first-order valence-electron chi connectivity index (χ1n) is 7.41. The summed E-state index contributed by atoms with van der Waals surface area (Å²) in [5.74, 6) is -0.912. The maximum Gasteiger partial charge on any atom is 0.326 e. The van der Waals surface area contributed by atoms with Crippen LogP contribution in [-0.4, -0.2) is 50.7 Å². The topological polar surface area (TPSA) is 87.5 Å². The normalized spacial score (nSPS) is 19.0. The minimum absolute atomic E-state index is 0.269. The molecule has 0 spiro atoms. The van der Waals surface area contributed by atoms with Crippen LogP contribution in [0.2, 0.25) is 0 Å². The molecule has 1 unspecified atom stereocenters. The second-order valence-electron chi connectivity index (χ2n) is 5.28. The highest BCUT2D eigenvalue weighted by Crippen LogP contribution is 2.17. The van der Waals surface area contributed by atoms with E-state index in [1.807, 2.05) is 10.8 Å². The number of hydrogen-bond acceptors (Lipinski definition) is 3. The molecule has 1 fully saturated rings. The minimum Gasteiger partial charge on any atom is -0.480 e. The van der Waals surface area contributed by atoms with Gasteiger partial charge in [-0.15, -0.1) is 0 Å². The van der Waals surface area contributed by atoms with Crippen molar-refractivity contribution in [2.24, 2.45) is 0 Å². The molecule has 0 bridgehead atoms. The lowest BCUT2D eigenvalue weighted by Gasteiger charge is -2.27. The predicted octanol–water partition coefficient (Wildman–Crippen LogP) is 1.31. The summed E-state index contributed by atoms with van der Waals surface area (Å²) in [6, 6.07) is -0.962. The molecule has 1 aromatic rings. The van der Waals surface area contributed by atoms with Crippen molar-refractivity contribution in [1.29, 1.82) is 0 Å². The fourth-order valence-corrected chi connectivity index (χ4v) is 2.59. The van der Waals surface area contributed by atoms with Crippen LogP contribution in [-0.2, 0) is 11.3 Å². The first-order chi connectivity index (χ1) is 10.2. The first kappa shape index (κ1) is 15.3. The maximum atomic E-state index is 12.2. The predicted molar refractivity (Wildman–Crippen MR) is 76.8 cm³/mol. The fourth-order valence-electron chi connectivity index (χ4n) is 2.59. The van der Waals surface area contributed by atoms with Gasteiger partial charge in [-0.3, -0.25) is 0 Å². The van der Waals surface area contributed by atoms with Gasteiger partial charge in [-0.25, -0.2) is 14.6 Å². The van der Waals surface area contributed by atoms with Crippen LogP contribution in [0.1, 0.15) is 32.1 Å². The molecule has 2 rings (SSSR count). The van der Waals surface area contributed by atoms with Crippen molar-refractivity contribution >= 4 is 12.0 Å². The molecule has 2 amide bonds. The number of nitrogens with zero attached hydrogens (tertiary/aromatic N) is 3. The zero-order valence-corrected chi connectivity index (χ0v) is 12.1. The van der Waals surface area contributed by atoms with Crippen molar-refractivity contribution in [2.45, 2.75) is 44.7 Å². The van der Waals surface area contributed by atoms with E-state index in [-0.39, 0.29) is 6.03 Å². The highest BCUT2D eigenvalue weighted by molar-refractivity contribution is 5.82. The van der Waals surface area contributed by atoms with E-state index in [1.54, 1.807) is 12.5 Å². The number of nitrogens with one attached hydrogen (secondary N) is 1. The number of urea groups is 1. The maximum absolute atomic E-state index is 12.2. The van der Waals surface area contributed by atoms with E-state index >= 15 is 0 Å². The molecule has 1 aliphatic rings. The molecule has 2 heterocycles. The molecule has 1 saturated heterocycles. The molecule has 0 radical (unpaired) electrons. The zero-order chi connectivity index (χ0) is 15.1. The van der Waals surface area contributed by atoms with E-state index < -0.39 is 12.0 Å². The summed E-state index contributed by atoms with van der Waals surface area (Å²) in [6.07, 6.45) is 9.36. The number of amides is 2. The Labute approximate surface area is 124 Å². The molecule has 0 aromatic carbocycles. The SMILES string of the molecule is O=C(O)C1CCCCCN1C(=O)NCCCn1ccnc1. The van der Waals surface area contributed by atoms with Crippen LogP contribution in [0.25, 0.3) is 0 Å². The second-order valence-corrected chi connectivity index (χ2v) is 5.28. The molecule has 1 atom stereocenters. The molecule has 21 heavy (non-hydrogen) atoms.